The number of carboxylic acid groups (broad SMARTS) is 1. The molecule has 1 aromatic carbocycles. The summed E-state index contributed by atoms with van der Waals surface area (Å²) in [5.41, 5.74) is 0.905. The summed E-state index contributed by atoms with van der Waals surface area (Å²) in [6.07, 6.45) is 3.53. The Labute approximate surface area is 158 Å². The fourth-order valence-electron chi connectivity index (χ4n) is 2.41. The van der Waals surface area contributed by atoms with Crippen LogP contribution >= 0.6 is 0 Å². The van der Waals surface area contributed by atoms with E-state index < -0.39 is 5.97 Å². The van der Waals surface area contributed by atoms with Crippen molar-refractivity contribution in [3.63, 3.8) is 0 Å². The molecule has 144 valence electrons. The third kappa shape index (κ3) is 6.58. The second kappa shape index (κ2) is 10.1. The van der Waals surface area contributed by atoms with Crippen LogP contribution in [0.4, 0.5) is 5.82 Å². The molecule has 1 atom stereocenters. The van der Waals surface area contributed by atoms with E-state index in [1.807, 2.05) is 38.1 Å². The molecule has 0 fully saturated rings. The second-order valence-electron chi connectivity index (χ2n) is 5.91. The van der Waals surface area contributed by atoms with Crippen LogP contribution in [0.5, 0.6) is 5.75 Å². The van der Waals surface area contributed by atoms with Gasteiger partial charge in [-0.25, -0.2) is 14.8 Å². The number of ether oxygens (including phenoxy) is 1. The van der Waals surface area contributed by atoms with Gasteiger partial charge in [-0.15, -0.1) is 0 Å². The van der Waals surface area contributed by atoms with E-state index >= 15 is 0 Å². The minimum atomic E-state index is -1.12. The van der Waals surface area contributed by atoms with Gasteiger partial charge >= 0.3 is 5.97 Å². The van der Waals surface area contributed by atoms with Crippen LogP contribution in [0.2, 0.25) is 0 Å². The first-order valence-electron chi connectivity index (χ1n) is 8.81. The molecule has 0 aliphatic heterocycles. The van der Waals surface area contributed by atoms with Gasteiger partial charge in [0.2, 0.25) is 5.91 Å². The van der Waals surface area contributed by atoms with Crippen LogP contribution in [-0.2, 0) is 4.79 Å². The fourth-order valence-corrected chi connectivity index (χ4v) is 2.41. The number of carbonyl (C=O) groups excluding carboxylic acids is 1. The summed E-state index contributed by atoms with van der Waals surface area (Å²) in [5, 5.41) is 14.7. The lowest BCUT2D eigenvalue weighted by atomic mass is 10.1. The van der Waals surface area contributed by atoms with Gasteiger partial charge in [0, 0.05) is 13.0 Å². The van der Waals surface area contributed by atoms with Crippen LogP contribution in [0.1, 0.15) is 48.8 Å². The number of rotatable bonds is 10. The van der Waals surface area contributed by atoms with Crippen molar-refractivity contribution >= 4 is 17.7 Å². The van der Waals surface area contributed by atoms with Crippen LogP contribution in [-0.4, -0.2) is 40.1 Å². The third-order valence-corrected chi connectivity index (χ3v) is 3.83. The maximum atomic E-state index is 12.1. The number of hydrogen-bond acceptors (Lipinski definition) is 6. The van der Waals surface area contributed by atoms with Gasteiger partial charge in [-0.05, 0) is 38.0 Å². The molecule has 8 heteroatoms. The van der Waals surface area contributed by atoms with Crippen molar-refractivity contribution in [3.05, 3.63) is 47.9 Å². The molecule has 0 saturated carbocycles. The Morgan fingerprint density at radius 2 is 1.93 bits per heavy atom. The van der Waals surface area contributed by atoms with Gasteiger partial charge in [0.25, 0.3) is 0 Å². The SMILES string of the molecule is CCOc1ccc(C(C)NC(=O)CCCNc2cnc(C(=O)O)cn2)cc1. The summed E-state index contributed by atoms with van der Waals surface area (Å²) in [6, 6.07) is 7.58. The maximum Gasteiger partial charge on any atom is 0.356 e. The van der Waals surface area contributed by atoms with Crippen molar-refractivity contribution in [3.8, 4) is 5.75 Å². The molecule has 2 rings (SSSR count). The molecule has 2 aromatic rings. The molecule has 1 unspecified atom stereocenters. The van der Waals surface area contributed by atoms with Crippen molar-refractivity contribution in [1.29, 1.82) is 0 Å². The van der Waals surface area contributed by atoms with E-state index in [0.29, 0.717) is 31.8 Å². The van der Waals surface area contributed by atoms with E-state index in [9.17, 15) is 9.59 Å². The molecule has 8 nitrogen and oxygen atoms in total. The number of hydrogen-bond donors (Lipinski definition) is 3. The Hall–Kier alpha value is -3.16. The summed E-state index contributed by atoms with van der Waals surface area (Å²) < 4.78 is 5.41. The van der Waals surface area contributed by atoms with E-state index in [4.69, 9.17) is 9.84 Å². The van der Waals surface area contributed by atoms with Crippen molar-refractivity contribution in [2.45, 2.75) is 32.7 Å². The molecule has 3 N–H and O–H groups in total. The van der Waals surface area contributed by atoms with Gasteiger partial charge in [0.05, 0.1) is 25.0 Å². The monoisotopic (exact) mass is 372 g/mol. The molecule has 1 heterocycles. The summed E-state index contributed by atoms with van der Waals surface area (Å²) in [4.78, 5) is 30.5. The Morgan fingerprint density at radius 1 is 1.19 bits per heavy atom. The Balaban J connectivity index is 1.70. The Bertz CT molecular complexity index is 747. The fraction of sp³-hybridized carbons (Fsp3) is 0.368. The molecular formula is C19H24N4O4. The standard InChI is InChI=1S/C19H24N4O4/c1-3-27-15-8-6-14(7-9-15)13(2)23-18(24)5-4-10-20-17-12-21-16(11-22-17)19(25)26/h6-9,11-13H,3-5,10H2,1-2H3,(H,20,22)(H,23,24)(H,25,26). The molecule has 1 aromatic heterocycles. The topological polar surface area (TPSA) is 113 Å². The van der Waals surface area contributed by atoms with Gasteiger partial charge in [-0.2, -0.15) is 0 Å². The van der Waals surface area contributed by atoms with Gasteiger partial charge < -0.3 is 20.5 Å². The first-order valence-corrected chi connectivity index (χ1v) is 8.81. The molecule has 0 saturated heterocycles. The molecule has 0 bridgehead atoms. The predicted octanol–water partition coefficient (Wildman–Crippen LogP) is 2.64. The molecule has 0 aliphatic rings. The van der Waals surface area contributed by atoms with Crippen molar-refractivity contribution in [2.75, 3.05) is 18.5 Å². The lowest BCUT2D eigenvalue weighted by Gasteiger charge is -2.15. The molecule has 0 aliphatic carbocycles. The lowest BCUT2D eigenvalue weighted by Crippen LogP contribution is -2.26. The lowest BCUT2D eigenvalue weighted by molar-refractivity contribution is -0.121. The summed E-state index contributed by atoms with van der Waals surface area (Å²) in [5.74, 6) is 0.131. The van der Waals surface area contributed by atoms with E-state index in [1.54, 1.807) is 0 Å². The van der Waals surface area contributed by atoms with Crippen LogP contribution in [0.25, 0.3) is 0 Å². The largest absolute Gasteiger partial charge is 0.494 e. The van der Waals surface area contributed by atoms with E-state index in [1.165, 1.54) is 12.4 Å². The highest BCUT2D eigenvalue weighted by atomic mass is 16.5. The molecule has 0 spiro atoms. The van der Waals surface area contributed by atoms with Gasteiger partial charge in [-0.3, -0.25) is 4.79 Å². The summed E-state index contributed by atoms with van der Waals surface area (Å²) in [7, 11) is 0. The highest BCUT2D eigenvalue weighted by molar-refractivity contribution is 5.84. The number of carboxylic acids is 1. The number of amides is 1. The average molecular weight is 372 g/mol. The maximum absolute atomic E-state index is 12.1. The highest BCUT2D eigenvalue weighted by Crippen LogP contribution is 2.17. The number of carbonyl (C=O) groups is 2. The zero-order chi connectivity index (χ0) is 19.6. The molecule has 1 amide bonds. The van der Waals surface area contributed by atoms with Crippen LogP contribution < -0.4 is 15.4 Å². The number of anilines is 1. The predicted molar refractivity (Wildman–Crippen MR) is 101 cm³/mol. The smallest absolute Gasteiger partial charge is 0.356 e. The number of aromatic nitrogens is 2. The molecule has 0 radical (unpaired) electrons. The number of benzene rings is 1. The van der Waals surface area contributed by atoms with Crippen molar-refractivity contribution in [2.24, 2.45) is 0 Å². The zero-order valence-corrected chi connectivity index (χ0v) is 15.4. The first kappa shape index (κ1) is 20.2. The second-order valence-corrected chi connectivity index (χ2v) is 5.91. The quantitative estimate of drug-likeness (QED) is 0.549. The van der Waals surface area contributed by atoms with Gasteiger partial charge in [0.15, 0.2) is 5.69 Å². The minimum Gasteiger partial charge on any atom is -0.494 e. The first-order chi connectivity index (χ1) is 13.0. The number of nitrogens with zero attached hydrogens (tertiary/aromatic N) is 2. The normalized spacial score (nSPS) is 11.5. The number of nitrogens with one attached hydrogen (secondary N) is 2. The Kier molecular flexibility index (Phi) is 7.54. The minimum absolute atomic E-state index is 0.0366. The summed E-state index contributed by atoms with van der Waals surface area (Å²) in [6.45, 7) is 5.02. The van der Waals surface area contributed by atoms with Crippen LogP contribution in [0.3, 0.4) is 0 Å². The Morgan fingerprint density at radius 3 is 2.52 bits per heavy atom. The van der Waals surface area contributed by atoms with Crippen molar-refractivity contribution < 1.29 is 19.4 Å². The highest BCUT2D eigenvalue weighted by Gasteiger charge is 2.10. The van der Waals surface area contributed by atoms with Crippen LogP contribution in [0.15, 0.2) is 36.7 Å². The van der Waals surface area contributed by atoms with E-state index in [0.717, 1.165) is 11.3 Å². The van der Waals surface area contributed by atoms with E-state index in [-0.39, 0.29) is 17.6 Å². The number of aromatic carboxylic acids is 1. The molecular weight excluding hydrogens is 348 g/mol. The van der Waals surface area contributed by atoms with Crippen LogP contribution in [0, 0.1) is 0 Å². The average Bonchev–Trinajstić information content (AvgIpc) is 2.66. The summed E-state index contributed by atoms with van der Waals surface area (Å²) >= 11 is 0. The molecule has 27 heavy (non-hydrogen) atoms. The van der Waals surface area contributed by atoms with Gasteiger partial charge in [-0.1, -0.05) is 12.1 Å². The zero-order valence-electron chi connectivity index (χ0n) is 15.4. The van der Waals surface area contributed by atoms with Crippen molar-refractivity contribution in [1.82, 2.24) is 15.3 Å². The van der Waals surface area contributed by atoms with E-state index in [2.05, 4.69) is 20.6 Å². The third-order valence-electron chi connectivity index (χ3n) is 3.83. The van der Waals surface area contributed by atoms with Gasteiger partial charge in [0.1, 0.15) is 11.6 Å².